The molecule has 0 amide bonds. The number of aliphatic hydroxyl groups is 4. The van der Waals surface area contributed by atoms with Crippen LogP contribution in [0.3, 0.4) is 0 Å². The van der Waals surface area contributed by atoms with Gasteiger partial charge in [0.1, 0.15) is 43.2 Å². The zero-order valence-corrected chi connectivity index (χ0v) is 40.1. The number of aliphatic hydroxyl groups excluding tert-OH is 4. The molecule has 0 radical (unpaired) electrons. The number of allylic oxidation sites excluding steroid dienone is 4. The van der Waals surface area contributed by atoms with Crippen LogP contribution in [0.15, 0.2) is 24.3 Å². The van der Waals surface area contributed by atoms with Gasteiger partial charge in [-0.2, -0.15) is 0 Å². The topological polar surface area (TPSA) is 256 Å². The molecular formula is C45H84O16P2. The van der Waals surface area contributed by atoms with E-state index in [1.54, 1.807) is 0 Å². The lowest BCUT2D eigenvalue weighted by Crippen LogP contribution is -2.64. The second-order valence-corrected chi connectivity index (χ2v) is 19.4. The quantitative estimate of drug-likeness (QED) is 0.0131. The van der Waals surface area contributed by atoms with Crippen molar-refractivity contribution in [3.8, 4) is 0 Å². The maximum atomic E-state index is 13.0. The van der Waals surface area contributed by atoms with E-state index in [1.807, 2.05) is 0 Å². The number of hydrogen-bond donors (Lipinski definition) is 7. The van der Waals surface area contributed by atoms with Gasteiger partial charge in [-0.1, -0.05) is 141 Å². The molecule has 8 atom stereocenters. The first-order chi connectivity index (χ1) is 30.1. The van der Waals surface area contributed by atoms with Crippen molar-refractivity contribution in [2.45, 2.75) is 236 Å². The van der Waals surface area contributed by atoms with Gasteiger partial charge in [0.15, 0.2) is 6.10 Å². The minimum atomic E-state index is -5.36. The van der Waals surface area contributed by atoms with Crippen LogP contribution in [0.25, 0.3) is 0 Å². The molecule has 0 aromatic rings. The van der Waals surface area contributed by atoms with Gasteiger partial charge >= 0.3 is 27.6 Å². The molecule has 1 saturated carbocycles. The van der Waals surface area contributed by atoms with Crippen LogP contribution in [-0.2, 0) is 41.8 Å². The first kappa shape index (κ1) is 59.5. The summed E-state index contributed by atoms with van der Waals surface area (Å²) in [6.07, 6.45) is 22.7. The van der Waals surface area contributed by atoms with E-state index in [0.717, 1.165) is 103 Å². The minimum absolute atomic E-state index is 0.0399. The van der Waals surface area contributed by atoms with Gasteiger partial charge in [0.25, 0.3) is 0 Å². The van der Waals surface area contributed by atoms with E-state index in [-0.39, 0.29) is 12.8 Å². The summed E-state index contributed by atoms with van der Waals surface area (Å²) < 4.78 is 49.4. The maximum Gasteiger partial charge on any atom is 0.472 e. The van der Waals surface area contributed by atoms with Crippen molar-refractivity contribution >= 4 is 27.6 Å². The number of rotatable bonds is 40. The molecule has 0 aliphatic heterocycles. The Labute approximate surface area is 377 Å². The minimum Gasteiger partial charge on any atom is -0.462 e. The molecule has 0 bridgehead atoms. The van der Waals surface area contributed by atoms with Gasteiger partial charge in [0, 0.05) is 12.8 Å². The largest absolute Gasteiger partial charge is 0.472 e. The Morgan fingerprint density at radius 3 is 1.30 bits per heavy atom. The molecule has 370 valence electrons. The lowest BCUT2D eigenvalue weighted by atomic mass is 9.85. The summed E-state index contributed by atoms with van der Waals surface area (Å²) in [5.41, 5.74) is 0. The second kappa shape index (κ2) is 36.6. The van der Waals surface area contributed by atoms with Crippen LogP contribution < -0.4 is 0 Å². The summed E-state index contributed by atoms with van der Waals surface area (Å²) in [7, 11) is -10.7. The van der Waals surface area contributed by atoms with Crippen LogP contribution in [0.5, 0.6) is 0 Å². The van der Waals surface area contributed by atoms with Crippen LogP contribution in [-0.4, -0.2) is 103 Å². The summed E-state index contributed by atoms with van der Waals surface area (Å²) in [4.78, 5) is 54.3. The molecule has 7 N–H and O–H groups in total. The molecule has 1 fully saturated rings. The van der Waals surface area contributed by atoms with Crippen molar-refractivity contribution in [3.05, 3.63) is 24.3 Å². The normalized spacial score (nSPS) is 22.1. The van der Waals surface area contributed by atoms with Gasteiger partial charge in [-0.25, -0.2) is 9.13 Å². The Morgan fingerprint density at radius 2 is 0.873 bits per heavy atom. The van der Waals surface area contributed by atoms with E-state index in [4.69, 9.17) is 28.3 Å². The fourth-order valence-electron chi connectivity index (χ4n) is 7.25. The molecule has 0 heterocycles. The molecular weight excluding hydrogens is 858 g/mol. The molecule has 16 nitrogen and oxygen atoms in total. The predicted molar refractivity (Wildman–Crippen MR) is 241 cm³/mol. The molecule has 1 aliphatic carbocycles. The number of carbonyl (C=O) groups excluding carboxylic acids is 2. The van der Waals surface area contributed by atoms with E-state index in [2.05, 4.69) is 42.7 Å². The number of phosphoric acid groups is 2. The zero-order valence-electron chi connectivity index (χ0n) is 38.3. The van der Waals surface area contributed by atoms with Crippen molar-refractivity contribution in [1.29, 1.82) is 0 Å². The third-order valence-electron chi connectivity index (χ3n) is 11.0. The smallest absolute Gasteiger partial charge is 0.462 e. The SMILES string of the molecule is CCCCCCC=CCCCCCCCCCC(=O)OCC(COP(=O)(O)OC1C(O)C(O)C(O)C(OP(=O)(O)O)C1O)OC(=O)CCCCCCCCCC=CCCCCCC. The summed E-state index contributed by atoms with van der Waals surface area (Å²) >= 11 is 0. The molecule has 0 aromatic carbocycles. The monoisotopic (exact) mass is 943 g/mol. The highest BCUT2D eigenvalue weighted by atomic mass is 31.2. The standard InChI is InChI=1S/C45H84O16P2/c1-3-5-7-9-11-13-15-17-19-21-23-25-27-29-31-33-38(46)57-35-37(59-39(47)34-32-30-28-26-24-22-20-18-16-14-12-10-8-6-4-2)36-58-63(55,56)61-45-42(50)40(48)41(49)44(43(45)51)60-62(52,53)54/h13-16,37,40-45,48-51H,3-12,17-36H2,1-2H3,(H,55,56)(H2,52,53,54). The maximum absolute atomic E-state index is 13.0. The van der Waals surface area contributed by atoms with Crippen LogP contribution in [0.4, 0.5) is 0 Å². The van der Waals surface area contributed by atoms with Crippen molar-refractivity contribution in [3.63, 3.8) is 0 Å². The first-order valence-corrected chi connectivity index (χ1v) is 26.9. The van der Waals surface area contributed by atoms with Crippen molar-refractivity contribution in [2.24, 2.45) is 0 Å². The molecule has 0 aromatic heterocycles. The van der Waals surface area contributed by atoms with Crippen molar-refractivity contribution in [2.75, 3.05) is 13.2 Å². The Morgan fingerprint density at radius 1 is 0.492 bits per heavy atom. The van der Waals surface area contributed by atoms with Crippen LogP contribution >= 0.6 is 15.6 Å². The van der Waals surface area contributed by atoms with Crippen LogP contribution in [0.2, 0.25) is 0 Å². The Hall–Kier alpha value is -1.52. The summed E-state index contributed by atoms with van der Waals surface area (Å²) in [6.45, 7) is 3.08. The van der Waals surface area contributed by atoms with Gasteiger partial charge in [0.2, 0.25) is 0 Å². The van der Waals surface area contributed by atoms with Crippen molar-refractivity contribution in [1.82, 2.24) is 0 Å². The highest BCUT2D eigenvalue weighted by molar-refractivity contribution is 7.47. The van der Waals surface area contributed by atoms with Gasteiger partial charge < -0.3 is 44.6 Å². The third-order valence-corrected chi connectivity index (χ3v) is 12.5. The van der Waals surface area contributed by atoms with E-state index >= 15 is 0 Å². The average molecular weight is 943 g/mol. The third kappa shape index (κ3) is 31.2. The van der Waals surface area contributed by atoms with E-state index in [1.165, 1.54) is 51.4 Å². The number of carbonyl (C=O) groups is 2. The molecule has 8 unspecified atom stereocenters. The summed E-state index contributed by atoms with van der Waals surface area (Å²) in [5.74, 6) is -1.21. The molecule has 0 spiro atoms. The summed E-state index contributed by atoms with van der Waals surface area (Å²) in [5, 5.41) is 41.2. The number of unbranched alkanes of at least 4 members (excludes halogenated alkanes) is 22. The van der Waals surface area contributed by atoms with E-state index in [0.29, 0.717) is 12.8 Å². The number of ether oxygens (including phenoxy) is 2. The zero-order chi connectivity index (χ0) is 46.8. The number of esters is 2. The molecule has 1 aliphatic rings. The average Bonchev–Trinajstić information content (AvgIpc) is 3.23. The fourth-order valence-corrected chi connectivity index (χ4v) is 8.79. The van der Waals surface area contributed by atoms with Crippen molar-refractivity contribution < 1.29 is 76.9 Å². The summed E-state index contributed by atoms with van der Waals surface area (Å²) in [6, 6.07) is 0. The van der Waals surface area contributed by atoms with Gasteiger partial charge in [-0.3, -0.25) is 23.2 Å². The van der Waals surface area contributed by atoms with E-state index < -0.39 is 83.5 Å². The highest BCUT2D eigenvalue weighted by Crippen LogP contribution is 2.49. The van der Waals surface area contributed by atoms with Gasteiger partial charge in [0.05, 0.1) is 6.61 Å². The fraction of sp³-hybridized carbons (Fsp3) is 0.867. The number of phosphoric ester groups is 2. The molecule has 63 heavy (non-hydrogen) atoms. The lowest BCUT2D eigenvalue weighted by Gasteiger charge is -2.43. The van der Waals surface area contributed by atoms with Crippen LogP contribution in [0.1, 0.15) is 194 Å². The predicted octanol–water partition coefficient (Wildman–Crippen LogP) is 8.95. The second-order valence-electron chi connectivity index (χ2n) is 16.8. The van der Waals surface area contributed by atoms with Gasteiger partial charge in [-0.05, 0) is 64.2 Å². The van der Waals surface area contributed by atoms with E-state index in [9.17, 15) is 44.0 Å². The Kier molecular flexibility index (Phi) is 34.5. The Bertz CT molecular complexity index is 1330. The highest BCUT2D eigenvalue weighted by Gasteiger charge is 2.54. The van der Waals surface area contributed by atoms with Crippen LogP contribution in [0, 0.1) is 0 Å². The lowest BCUT2D eigenvalue weighted by molar-refractivity contribution is -0.216. The molecule has 1 rings (SSSR count). The number of hydrogen-bond acceptors (Lipinski definition) is 13. The molecule has 18 heteroatoms. The van der Waals surface area contributed by atoms with Gasteiger partial charge in [-0.15, -0.1) is 0 Å². The Balaban J connectivity index is 2.59. The molecule has 0 saturated heterocycles. The first-order valence-electron chi connectivity index (χ1n) is 23.9.